The predicted octanol–water partition coefficient (Wildman–Crippen LogP) is 2.71. The van der Waals surface area contributed by atoms with Crippen LogP contribution in [0, 0.1) is 0 Å². The molecule has 0 saturated carbocycles. The fourth-order valence-electron chi connectivity index (χ4n) is 1.57. The molecule has 0 amide bonds. The molecule has 1 unspecified atom stereocenters. The van der Waals surface area contributed by atoms with Gasteiger partial charge in [0.2, 0.25) is 0 Å². The Morgan fingerprint density at radius 1 is 1.38 bits per heavy atom. The average molecular weight is 219 g/mol. The van der Waals surface area contributed by atoms with Crippen molar-refractivity contribution in [2.45, 2.75) is 19.4 Å². The summed E-state index contributed by atoms with van der Waals surface area (Å²) in [6, 6.07) is 10.7. The number of methoxy groups -OCH3 is 1. The zero-order valence-corrected chi connectivity index (χ0v) is 10.2. The van der Waals surface area contributed by atoms with E-state index in [2.05, 4.69) is 31.0 Å². The number of ether oxygens (including phenoxy) is 1. The van der Waals surface area contributed by atoms with E-state index in [1.165, 1.54) is 5.56 Å². The molecule has 2 nitrogen and oxygen atoms in total. The van der Waals surface area contributed by atoms with E-state index in [1.54, 1.807) is 7.11 Å². The van der Waals surface area contributed by atoms with E-state index in [0.717, 1.165) is 25.1 Å². The molecule has 1 aromatic rings. The molecule has 2 heteroatoms. The van der Waals surface area contributed by atoms with Gasteiger partial charge in [0.05, 0.1) is 6.61 Å². The van der Waals surface area contributed by atoms with Crippen LogP contribution in [0.25, 0.3) is 5.57 Å². The Morgan fingerprint density at radius 3 is 2.62 bits per heavy atom. The molecule has 0 spiro atoms. The van der Waals surface area contributed by atoms with Gasteiger partial charge in [-0.2, -0.15) is 0 Å². The molecule has 16 heavy (non-hydrogen) atoms. The van der Waals surface area contributed by atoms with Crippen LogP contribution in [0.15, 0.2) is 36.9 Å². The lowest BCUT2D eigenvalue weighted by atomic mass is 10.1. The lowest BCUT2D eigenvalue weighted by Crippen LogP contribution is -2.33. The van der Waals surface area contributed by atoms with E-state index >= 15 is 0 Å². The van der Waals surface area contributed by atoms with Crippen LogP contribution in [-0.2, 0) is 4.74 Å². The smallest absolute Gasteiger partial charge is 0.0615 e. The molecule has 0 aliphatic heterocycles. The van der Waals surface area contributed by atoms with Crippen LogP contribution in [-0.4, -0.2) is 26.3 Å². The molecule has 0 aliphatic carbocycles. The van der Waals surface area contributed by atoms with Crippen molar-refractivity contribution in [3.05, 3.63) is 42.5 Å². The van der Waals surface area contributed by atoms with E-state index in [4.69, 9.17) is 4.74 Å². The summed E-state index contributed by atoms with van der Waals surface area (Å²) in [6.45, 7) is 7.80. The first-order valence-corrected chi connectivity index (χ1v) is 5.73. The highest BCUT2D eigenvalue weighted by Crippen LogP contribution is 2.10. The van der Waals surface area contributed by atoms with E-state index in [1.807, 2.05) is 18.2 Å². The fraction of sp³-hybridized carbons (Fsp3) is 0.429. The summed E-state index contributed by atoms with van der Waals surface area (Å²) in [6.07, 6.45) is 1.07. The van der Waals surface area contributed by atoms with Gasteiger partial charge in [-0.25, -0.2) is 0 Å². The van der Waals surface area contributed by atoms with Gasteiger partial charge in [0.15, 0.2) is 0 Å². The molecule has 0 bridgehead atoms. The summed E-state index contributed by atoms with van der Waals surface area (Å²) in [7, 11) is 1.73. The van der Waals surface area contributed by atoms with E-state index in [0.29, 0.717) is 6.04 Å². The first-order chi connectivity index (χ1) is 7.77. The molecule has 88 valence electrons. The Hall–Kier alpha value is -1.12. The van der Waals surface area contributed by atoms with E-state index in [9.17, 15) is 0 Å². The number of hydrogen-bond acceptors (Lipinski definition) is 2. The number of nitrogens with one attached hydrogen (secondary N) is 1. The second kappa shape index (κ2) is 7.20. The third-order valence-corrected chi connectivity index (χ3v) is 2.65. The summed E-state index contributed by atoms with van der Waals surface area (Å²) < 4.78 is 5.14. The van der Waals surface area contributed by atoms with Crippen molar-refractivity contribution in [2.75, 3.05) is 20.3 Å². The highest BCUT2D eigenvalue weighted by atomic mass is 16.5. The summed E-state index contributed by atoms with van der Waals surface area (Å²) in [5, 5.41) is 3.44. The Kier molecular flexibility index (Phi) is 5.83. The Morgan fingerprint density at radius 2 is 2.06 bits per heavy atom. The summed E-state index contributed by atoms with van der Waals surface area (Å²) >= 11 is 0. The molecule has 0 fully saturated rings. The second-order valence-corrected chi connectivity index (χ2v) is 3.91. The third kappa shape index (κ3) is 4.17. The van der Waals surface area contributed by atoms with Gasteiger partial charge in [-0.05, 0) is 17.6 Å². The van der Waals surface area contributed by atoms with Crippen LogP contribution < -0.4 is 5.32 Å². The van der Waals surface area contributed by atoms with Gasteiger partial charge in [-0.15, -0.1) is 0 Å². The summed E-state index contributed by atoms with van der Waals surface area (Å²) in [5.41, 5.74) is 2.32. The molecule has 0 saturated heterocycles. The van der Waals surface area contributed by atoms with Gasteiger partial charge in [-0.3, -0.25) is 0 Å². The van der Waals surface area contributed by atoms with Gasteiger partial charge in [-0.1, -0.05) is 43.8 Å². The fourth-order valence-corrected chi connectivity index (χ4v) is 1.57. The standard InChI is InChI=1S/C14H21NO/c1-4-14(11-16-3)15-10-12(2)13-8-6-5-7-9-13/h5-9,14-15H,2,4,10-11H2,1,3H3. The van der Waals surface area contributed by atoms with Crippen molar-refractivity contribution < 1.29 is 4.74 Å². The van der Waals surface area contributed by atoms with Gasteiger partial charge < -0.3 is 10.1 Å². The van der Waals surface area contributed by atoms with Gasteiger partial charge >= 0.3 is 0 Å². The molecular weight excluding hydrogens is 198 g/mol. The Bertz CT molecular complexity index is 308. The molecular formula is C14H21NO. The minimum absolute atomic E-state index is 0.408. The van der Waals surface area contributed by atoms with Crippen molar-refractivity contribution in [3.8, 4) is 0 Å². The topological polar surface area (TPSA) is 21.3 Å². The van der Waals surface area contributed by atoms with E-state index in [-0.39, 0.29) is 0 Å². The zero-order chi connectivity index (χ0) is 11.8. The van der Waals surface area contributed by atoms with Gasteiger partial charge in [0.1, 0.15) is 0 Å². The van der Waals surface area contributed by atoms with Crippen LogP contribution >= 0.6 is 0 Å². The molecule has 1 aromatic carbocycles. The Balaban J connectivity index is 2.40. The molecule has 0 radical (unpaired) electrons. The molecule has 0 aromatic heterocycles. The number of benzene rings is 1. The van der Waals surface area contributed by atoms with Crippen molar-refractivity contribution in [3.63, 3.8) is 0 Å². The quantitative estimate of drug-likeness (QED) is 0.761. The second-order valence-electron chi connectivity index (χ2n) is 3.91. The average Bonchev–Trinajstić information content (AvgIpc) is 2.35. The van der Waals surface area contributed by atoms with Gasteiger partial charge in [0, 0.05) is 19.7 Å². The van der Waals surface area contributed by atoms with Crippen molar-refractivity contribution in [2.24, 2.45) is 0 Å². The van der Waals surface area contributed by atoms with Crippen LogP contribution in [0.2, 0.25) is 0 Å². The largest absolute Gasteiger partial charge is 0.383 e. The zero-order valence-electron chi connectivity index (χ0n) is 10.2. The van der Waals surface area contributed by atoms with Crippen LogP contribution in [0.1, 0.15) is 18.9 Å². The monoisotopic (exact) mass is 219 g/mol. The van der Waals surface area contributed by atoms with Crippen molar-refractivity contribution >= 4 is 5.57 Å². The van der Waals surface area contributed by atoms with Crippen molar-refractivity contribution in [1.82, 2.24) is 5.32 Å². The van der Waals surface area contributed by atoms with E-state index < -0.39 is 0 Å². The predicted molar refractivity (Wildman–Crippen MR) is 69.4 cm³/mol. The van der Waals surface area contributed by atoms with Crippen LogP contribution in [0.4, 0.5) is 0 Å². The first-order valence-electron chi connectivity index (χ1n) is 5.73. The Labute approximate surface area is 98.3 Å². The lowest BCUT2D eigenvalue weighted by molar-refractivity contribution is 0.166. The molecule has 0 heterocycles. The highest BCUT2D eigenvalue weighted by Gasteiger charge is 2.05. The highest BCUT2D eigenvalue weighted by molar-refractivity contribution is 5.64. The minimum atomic E-state index is 0.408. The third-order valence-electron chi connectivity index (χ3n) is 2.65. The normalized spacial score (nSPS) is 12.4. The molecule has 1 rings (SSSR count). The van der Waals surface area contributed by atoms with Crippen LogP contribution in [0.5, 0.6) is 0 Å². The van der Waals surface area contributed by atoms with Gasteiger partial charge in [0.25, 0.3) is 0 Å². The number of hydrogen-bond donors (Lipinski definition) is 1. The molecule has 1 atom stereocenters. The first kappa shape index (κ1) is 12.9. The lowest BCUT2D eigenvalue weighted by Gasteiger charge is -2.16. The maximum atomic E-state index is 5.14. The number of rotatable bonds is 7. The molecule has 1 N–H and O–H groups in total. The summed E-state index contributed by atoms with van der Waals surface area (Å²) in [4.78, 5) is 0. The maximum absolute atomic E-state index is 5.14. The SMILES string of the molecule is C=C(CNC(CC)COC)c1ccccc1. The van der Waals surface area contributed by atoms with Crippen molar-refractivity contribution in [1.29, 1.82) is 0 Å². The minimum Gasteiger partial charge on any atom is -0.383 e. The summed E-state index contributed by atoms with van der Waals surface area (Å²) in [5.74, 6) is 0. The molecule has 0 aliphatic rings. The maximum Gasteiger partial charge on any atom is 0.0615 e. The van der Waals surface area contributed by atoms with Crippen LogP contribution in [0.3, 0.4) is 0 Å².